The molecular formula is C15H30N2. The van der Waals surface area contributed by atoms with Crippen molar-refractivity contribution < 1.29 is 0 Å². The van der Waals surface area contributed by atoms with Gasteiger partial charge >= 0.3 is 0 Å². The van der Waals surface area contributed by atoms with E-state index in [0.29, 0.717) is 5.54 Å². The van der Waals surface area contributed by atoms with E-state index < -0.39 is 0 Å². The smallest absolute Gasteiger partial charge is 0.0236 e. The first-order chi connectivity index (χ1) is 8.12. The van der Waals surface area contributed by atoms with Crippen molar-refractivity contribution in [2.75, 3.05) is 26.2 Å². The van der Waals surface area contributed by atoms with E-state index in [9.17, 15) is 0 Å². The second-order valence-corrected chi connectivity index (χ2v) is 6.77. The van der Waals surface area contributed by atoms with E-state index in [1.54, 1.807) is 0 Å². The van der Waals surface area contributed by atoms with Crippen LogP contribution in [0, 0.1) is 11.8 Å². The van der Waals surface area contributed by atoms with Crippen LogP contribution in [0.4, 0.5) is 0 Å². The standard InChI is InChI=1S/C15H30N2/c1-13(2)11-15(6-8-16-9-7-15)17-10-4-5-14(3)12-17/h13-14,16H,4-12H2,1-3H3/t14-/m1/s1. The molecule has 2 rings (SSSR count). The van der Waals surface area contributed by atoms with Gasteiger partial charge in [0.05, 0.1) is 0 Å². The van der Waals surface area contributed by atoms with Crippen molar-refractivity contribution in [2.24, 2.45) is 11.8 Å². The highest BCUT2D eigenvalue weighted by atomic mass is 15.2. The molecular weight excluding hydrogens is 208 g/mol. The number of rotatable bonds is 3. The average molecular weight is 238 g/mol. The molecule has 1 atom stereocenters. The summed E-state index contributed by atoms with van der Waals surface area (Å²) in [7, 11) is 0. The molecule has 2 saturated heterocycles. The quantitative estimate of drug-likeness (QED) is 0.813. The lowest BCUT2D eigenvalue weighted by molar-refractivity contribution is 0.00746. The van der Waals surface area contributed by atoms with Gasteiger partial charge in [0.25, 0.3) is 0 Å². The minimum absolute atomic E-state index is 0.522. The Labute approximate surface area is 107 Å². The molecule has 2 fully saturated rings. The van der Waals surface area contributed by atoms with Gasteiger partial charge in [-0.3, -0.25) is 4.90 Å². The van der Waals surface area contributed by atoms with Crippen LogP contribution in [-0.2, 0) is 0 Å². The predicted octanol–water partition coefficient (Wildman–Crippen LogP) is 2.89. The number of hydrogen-bond acceptors (Lipinski definition) is 2. The van der Waals surface area contributed by atoms with Crippen LogP contribution in [0.25, 0.3) is 0 Å². The Hall–Kier alpha value is -0.0800. The summed E-state index contributed by atoms with van der Waals surface area (Å²) in [6, 6.07) is 0. The molecule has 0 bridgehead atoms. The van der Waals surface area contributed by atoms with Crippen molar-refractivity contribution in [1.82, 2.24) is 10.2 Å². The highest BCUT2D eigenvalue weighted by molar-refractivity contribution is 4.96. The number of hydrogen-bond donors (Lipinski definition) is 1. The predicted molar refractivity (Wildman–Crippen MR) is 74.3 cm³/mol. The molecule has 0 spiro atoms. The first-order valence-electron chi connectivity index (χ1n) is 7.58. The summed E-state index contributed by atoms with van der Waals surface area (Å²) in [5.41, 5.74) is 0.522. The van der Waals surface area contributed by atoms with Gasteiger partial charge in [0, 0.05) is 12.1 Å². The normalized spacial score (nSPS) is 30.7. The van der Waals surface area contributed by atoms with Gasteiger partial charge in [-0.2, -0.15) is 0 Å². The van der Waals surface area contributed by atoms with E-state index in [4.69, 9.17) is 0 Å². The molecule has 0 unspecified atom stereocenters. The molecule has 0 amide bonds. The van der Waals surface area contributed by atoms with Crippen LogP contribution in [0.5, 0.6) is 0 Å². The summed E-state index contributed by atoms with van der Waals surface area (Å²) < 4.78 is 0. The van der Waals surface area contributed by atoms with Gasteiger partial charge in [0.15, 0.2) is 0 Å². The SMILES string of the molecule is CC(C)CC1(N2CCC[C@@H](C)C2)CCNCC1. The Kier molecular flexibility index (Phi) is 4.48. The molecule has 0 aromatic carbocycles. The third-order valence-corrected chi connectivity index (χ3v) is 4.65. The minimum Gasteiger partial charge on any atom is -0.317 e. The fourth-order valence-electron chi connectivity index (χ4n) is 3.92. The zero-order valence-corrected chi connectivity index (χ0v) is 12.0. The van der Waals surface area contributed by atoms with Gasteiger partial charge in [-0.15, -0.1) is 0 Å². The summed E-state index contributed by atoms with van der Waals surface area (Å²) in [6.07, 6.45) is 6.96. The molecule has 2 heteroatoms. The third kappa shape index (κ3) is 3.23. The highest BCUT2D eigenvalue weighted by Gasteiger charge is 2.39. The van der Waals surface area contributed by atoms with E-state index >= 15 is 0 Å². The molecule has 2 aliphatic heterocycles. The van der Waals surface area contributed by atoms with Crippen LogP contribution in [-0.4, -0.2) is 36.6 Å². The molecule has 0 radical (unpaired) electrons. The van der Waals surface area contributed by atoms with Crippen molar-refractivity contribution in [3.8, 4) is 0 Å². The summed E-state index contributed by atoms with van der Waals surface area (Å²) in [5.74, 6) is 1.73. The Morgan fingerprint density at radius 2 is 2.00 bits per heavy atom. The average Bonchev–Trinajstić information content (AvgIpc) is 2.29. The van der Waals surface area contributed by atoms with E-state index in [-0.39, 0.29) is 0 Å². The van der Waals surface area contributed by atoms with Crippen LogP contribution in [0.1, 0.15) is 52.9 Å². The summed E-state index contributed by atoms with van der Waals surface area (Å²) in [5, 5.41) is 3.54. The van der Waals surface area contributed by atoms with Crippen LogP contribution < -0.4 is 5.32 Å². The van der Waals surface area contributed by atoms with Gasteiger partial charge in [-0.05, 0) is 63.6 Å². The number of likely N-dealkylation sites (tertiary alicyclic amines) is 1. The summed E-state index contributed by atoms with van der Waals surface area (Å²) in [6.45, 7) is 12.3. The summed E-state index contributed by atoms with van der Waals surface area (Å²) >= 11 is 0. The van der Waals surface area contributed by atoms with E-state index in [0.717, 1.165) is 11.8 Å². The number of piperidine rings is 2. The molecule has 0 aliphatic carbocycles. The number of nitrogens with zero attached hydrogens (tertiary/aromatic N) is 1. The molecule has 0 aromatic heterocycles. The van der Waals surface area contributed by atoms with Gasteiger partial charge in [0.2, 0.25) is 0 Å². The van der Waals surface area contributed by atoms with Crippen LogP contribution in [0.2, 0.25) is 0 Å². The maximum absolute atomic E-state index is 3.54. The van der Waals surface area contributed by atoms with E-state index in [1.807, 2.05) is 0 Å². The minimum atomic E-state index is 0.522. The fourth-order valence-corrected chi connectivity index (χ4v) is 3.92. The Morgan fingerprint density at radius 1 is 1.29 bits per heavy atom. The number of nitrogens with one attached hydrogen (secondary N) is 1. The molecule has 1 N–H and O–H groups in total. The zero-order chi connectivity index (χ0) is 12.3. The lowest BCUT2D eigenvalue weighted by Crippen LogP contribution is -2.57. The summed E-state index contributed by atoms with van der Waals surface area (Å²) in [4.78, 5) is 2.85. The van der Waals surface area contributed by atoms with Crippen LogP contribution >= 0.6 is 0 Å². The van der Waals surface area contributed by atoms with Crippen LogP contribution in [0.15, 0.2) is 0 Å². The van der Waals surface area contributed by atoms with E-state index in [1.165, 1.54) is 58.3 Å². The lowest BCUT2D eigenvalue weighted by Gasteiger charge is -2.50. The first kappa shape index (κ1) is 13.4. The Bertz CT molecular complexity index is 231. The molecule has 0 saturated carbocycles. The molecule has 0 aromatic rings. The van der Waals surface area contributed by atoms with Gasteiger partial charge < -0.3 is 5.32 Å². The van der Waals surface area contributed by atoms with Crippen molar-refractivity contribution in [3.63, 3.8) is 0 Å². The van der Waals surface area contributed by atoms with Crippen molar-refractivity contribution in [2.45, 2.75) is 58.4 Å². The van der Waals surface area contributed by atoms with Crippen molar-refractivity contribution in [1.29, 1.82) is 0 Å². The second-order valence-electron chi connectivity index (χ2n) is 6.77. The maximum Gasteiger partial charge on any atom is 0.0236 e. The molecule has 2 nitrogen and oxygen atoms in total. The highest BCUT2D eigenvalue weighted by Crippen LogP contribution is 2.35. The molecule has 2 heterocycles. The van der Waals surface area contributed by atoms with Gasteiger partial charge in [0.1, 0.15) is 0 Å². The maximum atomic E-state index is 3.54. The van der Waals surface area contributed by atoms with E-state index in [2.05, 4.69) is 31.0 Å². The Morgan fingerprint density at radius 3 is 2.59 bits per heavy atom. The molecule has 17 heavy (non-hydrogen) atoms. The second kappa shape index (κ2) is 5.71. The van der Waals surface area contributed by atoms with Gasteiger partial charge in [-0.1, -0.05) is 20.8 Å². The van der Waals surface area contributed by atoms with Crippen LogP contribution in [0.3, 0.4) is 0 Å². The fraction of sp³-hybridized carbons (Fsp3) is 1.00. The van der Waals surface area contributed by atoms with Crippen molar-refractivity contribution >= 4 is 0 Å². The first-order valence-corrected chi connectivity index (χ1v) is 7.58. The molecule has 2 aliphatic rings. The Balaban J connectivity index is 2.07. The zero-order valence-electron chi connectivity index (χ0n) is 12.0. The largest absolute Gasteiger partial charge is 0.317 e. The van der Waals surface area contributed by atoms with Crippen molar-refractivity contribution in [3.05, 3.63) is 0 Å². The van der Waals surface area contributed by atoms with Gasteiger partial charge in [-0.25, -0.2) is 0 Å². The molecule has 100 valence electrons. The lowest BCUT2D eigenvalue weighted by atomic mass is 9.78. The monoisotopic (exact) mass is 238 g/mol. The third-order valence-electron chi connectivity index (χ3n) is 4.65. The topological polar surface area (TPSA) is 15.3 Å².